The molecule has 0 aromatic heterocycles. The molecule has 0 heterocycles. The Hall–Kier alpha value is -2.68. The number of nitrogens with one attached hydrogen (secondary N) is 1. The molecule has 0 unspecified atom stereocenters. The standard InChI is InChI=1S/C18H14Cl2N2O3/c1-24-14-4-6-17(25-2)11(8-14)7-12(10-21)18(23)22-16-9-13(19)3-5-15(16)20/h3-9H,1-2H3,(H,22,23)/b12-7-. The fourth-order valence-electron chi connectivity index (χ4n) is 2.04. The molecule has 2 aromatic rings. The van der Waals surface area contributed by atoms with Gasteiger partial charge in [0.05, 0.1) is 24.9 Å². The summed E-state index contributed by atoms with van der Waals surface area (Å²) in [5.41, 5.74) is 0.728. The van der Waals surface area contributed by atoms with Crippen molar-refractivity contribution in [1.82, 2.24) is 0 Å². The lowest BCUT2D eigenvalue weighted by Gasteiger charge is -2.09. The molecule has 0 bridgehead atoms. The molecule has 25 heavy (non-hydrogen) atoms. The minimum absolute atomic E-state index is 0.123. The van der Waals surface area contributed by atoms with Crippen LogP contribution in [-0.4, -0.2) is 20.1 Å². The van der Waals surface area contributed by atoms with E-state index in [0.717, 1.165) is 0 Å². The van der Waals surface area contributed by atoms with Crippen LogP contribution in [0.15, 0.2) is 42.0 Å². The highest BCUT2D eigenvalue weighted by molar-refractivity contribution is 6.36. The van der Waals surface area contributed by atoms with Gasteiger partial charge in [-0.3, -0.25) is 4.79 Å². The van der Waals surface area contributed by atoms with Crippen LogP contribution in [0.2, 0.25) is 10.0 Å². The number of anilines is 1. The van der Waals surface area contributed by atoms with Crippen molar-refractivity contribution in [2.24, 2.45) is 0 Å². The Morgan fingerprint density at radius 1 is 1.16 bits per heavy atom. The molecule has 5 nitrogen and oxygen atoms in total. The van der Waals surface area contributed by atoms with E-state index in [-0.39, 0.29) is 5.57 Å². The van der Waals surface area contributed by atoms with E-state index in [0.29, 0.717) is 32.8 Å². The van der Waals surface area contributed by atoms with Gasteiger partial charge in [0.25, 0.3) is 5.91 Å². The van der Waals surface area contributed by atoms with E-state index in [9.17, 15) is 10.1 Å². The zero-order valence-electron chi connectivity index (χ0n) is 13.5. The van der Waals surface area contributed by atoms with Crippen LogP contribution in [0, 0.1) is 11.3 Å². The zero-order chi connectivity index (χ0) is 18.4. The molecule has 7 heteroatoms. The SMILES string of the molecule is COc1ccc(OC)c(/C=C(/C#N)C(=O)Nc2cc(Cl)ccc2Cl)c1. The maximum Gasteiger partial charge on any atom is 0.266 e. The summed E-state index contributed by atoms with van der Waals surface area (Å²) in [7, 11) is 3.02. The fraction of sp³-hybridized carbons (Fsp3) is 0.111. The van der Waals surface area contributed by atoms with Crippen LogP contribution in [0.3, 0.4) is 0 Å². The van der Waals surface area contributed by atoms with E-state index in [4.69, 9.17) is 32.7 Å². The summed E-state index contributed by atoms with van der Waals surface area (Å²) in [4.78, 5) is 12.4. The highest BCUT2D eigenvalue weighted by atomic mass is 35.5. The van der Waals surface area contributed by atoms with Crippen molar-refractivity contribution in [2.75, 3.05) is 19.5 Å². The van der Waals surface area contributed by atoms with Crippen molar-refractivity contribution in [3.8, 4) is 17.6 Å². The monoisotopic (exact) mass is 376 g/mol. The maximum absolute atomic E-state index is 12.4. The molecule has 2 rings (SSSR count). The summed E-state index contributed by atoms with van der Waals surface area (Å²) in [6.07, 6.45) is 1.41. The number of methoxy groups -OCH3 is 2. The molecule has 0 fully saturated rings. The third-order valence-electron chi connectivity index (χ3n) is 3.28. The number of benzene rings is 2. The van der Waals surface area contributed by atoms with E-state index in [2.05, 4.69) is 5.32 Å². The van der Waals surface area contributed by atoms with Gasteiger partial charge in [-0.15, -0.1) is 0 Å². The second kappa shape index (κ2) is 8.43. The number of carbonyl (C=O) groups excluding carboxylic acids is 1. The largest absolute Gasteiger partial charge is 0.497 e. The Balaban J connectivity index is 2.36. The van der Waals surface area contributed by atoms with Crippen molar-refractivity contribution in [3.05, 3.63) is 57.6 Å². The van der Waals surface area contributed by atoms with E-state index in [1.807, 2.05) is 6.07 Å². The van der Waals surface area contributed by atoms with Crippen LogP contribution in [0.4, 0.5) is 5.69 Å². The number of hydrogen-bond donors (Lipinski definition) is 1. The minimum Gasteiger partial charge on any atom is -0.497 e. The van der Waals surface area contributed by atoms with Crippen LogP contribution in [0.1, 0.15) is 5.56 Å². The third kappa shape index (κ3) is 4.66. The average Bonchev–Trinajstić information content (AvgIpc) is 2.62. The Bertz CT molecular complexity index is 873. The topological polar surface area (TPSA) is 71.3 Å². The Labute approximate surface area is 155 Å². The van der Waals surface area contributed by atoms with Gasteiger partial charge >= 0.3 is 0 Å². The van der Waals surface area contributed by atoms with Gasteiger partial charge in [0.1, 0.15) is 23.1 Å². The highest BCUT2D eigenvalue weighted by Crippen LogP contribution is 2.28. The van der Waals surface area contributed by atoms with E-state index in [1.54, 1.807) is 30.3 Å². The van der Waals surface area contributed by atoms with Crippen molar-refractivity contribution >= 4 is 40.9 Å². The molecule has 1 amide bonds. The molecular weight excluding hydrogens is 363 g/mol. The van der Waals surface area contributed by atoms with Gasteiger partial charge in [-0.1, -0.05) is 23.2 Å². The van der Waals surface area contributed by atoms with Crippen LogP contribution < -0.4 is 14.8 Å². The molecule has 1 N–H and O–H groups in total. The lowest BCUT2D eigenvalue weighted by molar-refractivity contribution is -0.112. The molecule has 0 saturated heterocycles. The summed E-state index contributed by atoms with van der Waals surface area (Å²) in [6, 6.07) is 11.6. The lowest BCUT2D eigenvalue weighted by Crippen LogP contribution is -2.13. The van der Waals surface area contributed by atoms with Gasteiger partial charge in [-0.25, -0.2) is 0 Å². The smallest absolute Gasteiger partial charge is 0.266 e. The molecule has 2 aromatic carbocycles. The molecule has 0 radical (unpaired) electrons. The molecule has 0 aliphatic rings. The Morgan fingerprint density at radius 3 is 2.56 bits per heavy atom. The molecule has 0 aliphatic carbocycles. The molecular formula is C18H14Cl2N2O3. The van der Waals surface area contributed by atoms with Crippen molar-refractivity contribution in [2.45, 2.75) is 0 Å². The predicted octanol–water partition coefficient (Wildman–Crippen LogP) is 4.56. The van der Waals surface area contributed by atoms with Gasteiger partial charge in [0.2, 0.25) is 0 Å². The van der Waals surface area contributed by atoms with Crippen LogP contribution in [-0.2, 0) is 4.79 Å². The second-order valence-electron chi connectivity index (χ2n) is 4.86. The molecule has 0 spiro atoms. The van der Waals surface area contributed by atoms with Gasteiger partial charge in [0, 0.05) is 10.6 Å². The molecule has 0 aliphatic heterocycles. The van der Waals surface area contributed by atoms with Crippen LogP contribution in [0.5, 0.6) is 11.5 Å². The first-order valence-corrected chi connectivity index (χ1v) is 7.84. The Kier molecular flexibility index (Phi) is 6.29. The van der Waals surface area contributed by atoms with E-state index in [1.165, 1.54) is 26.4 Å². The number of nitrogens with zero attached hydrogens (tertiary/aromatic N) is 1. The van der Waals surface area contributed by atoms with Gasteiger partial charge in [-0.05, 0) is 42.5 Å². The molecule has 0 atom stereocenters. The van der Waals surface area contributed by atoms with Crippen molar-refractivity contribution < 1.29 is 14.3 Å². The molecule has 0 saturated carbocycles. The normalized spacial score (nSPS) is 10.8. The lowest BCUT2D eigenvalue weighted by atomic mass is 10.1. The van der Waals surface area contributed by atoms with E-state index < -0.39 is 5.91 Å². The van der Waals surface area contributed by atoms with Crippen LogP contribution in [0.25, 0.3) is 6.08 Å². The van der Waals surface area contributed by atoms with Gasteiger partial charge in [0.15, 0.2) is 0 Å². The van der Waals surface area contributed by atoms with Crippen LogP contribution >= 0.6 is 23.2 Å². The predicted molar refractivity (Wildman–Crippen MR) is 98.2 cm³/mol. The number of ether oxygens (including phenoxy) is 2. The number of halogens is 2. The maximum atomic E-state index is 12.4. The quantitative estimate of drug-likeness (QED) is 0.613. The zero-order valence-corrected chi connectivity index (χ0v) is 15.0. The number of nitriles is 1. The summed E-state index contributed by atoms with van der Waals surface area (Å²) < 4.78 is 10.4. The summed E-state index contributed by atoms with van der Waals surface area (Å²) in [5, 5.41) is 12.6. The highest BCUT2D eigenvalue weighted by Gasteiger charge is 2.13. The summed E-state index contributed by atoms with van der Waals surface area (Å²) in [5.74, 6) is 0.460. The van der Waals surface area contributed by atoms with Gasteiger partial charge < -0.3 is 14.8 Å². The summed E-state index contributed by atoms with van der Waals surface area (Å²) >= 11 is 11.9. The number of hydrogen-bond acceptors (Lipinski definition) is 4. The average molecular weight is 377 g/mol. The van der Waals surface area contributed by atoms with Crippen molar-refractivity contribution in [1.29, 1.82) is 5.26 Å². The second-order valence-corrected chi connectivity index (χ2v) is 5.70. The third-order valence-corrected chi connectivity index (χ3v) is 3.84. The first-order valence-electron chi connectivity index (χ1n) is 7.08. The molecule has 128 valence electrons. The number of rotatable bonds is 5. The first-order chi connectivity index (χ1) is 12.0. The summed E-state index contributed by atoms with van der Waals surface area (Å²) in [6.45, 7) is 0. The number of carbonyl (C=O) groups is 1. The van der Waals surface area contributed by atoms with E-state index >= 15 is 0 Å². The minimum atomic E-state index is -0.614. The number of amides is 1. The fourth-order valence-corrected chi connectivity index (χ4v) is 2.38. The van der Waals surface area contributed by atoms with Crippen molar-refractivity contribution in [3.63, 3.8) is 0 Å². The van der Waals surface area contributed by atoms with Gasteiger partial charge in [-0.2, -0.15) is 5.26 Å². The Morgan fingerprint density at radius 2 is 1.92 bits per heavy atom. The first kappa shape index (κ1) is 18.7.